The van der Waals surface area contributed by atoms with E-state index in [-0.39, 0.29) is 5.54 Å². The average Bonchev–Trinajstić information content (AvgIpc) is 2.83. The van der Waals surface area contributed by atoms with E-state index in [1.54, 1.807) is 0 Å². The first-order valence-electron chi connectivity index (χ1n) is 7.54. The quantitative estimate of drug-likeness (QED) is 0.821. The van der Waals surface area contributed by atoms with Crippen LogP contribution in [0, 0.1) is 5.92 Å². The van der Waals surface area contributed by atoms with Crippen LogP contribution in [0.4, 0.5) is 0 Å². The minimum atomic E-state index is 0.142. The predicted molar refractivity (Wildman–Crippen MR) is 84.4 cm³/mol. The zero-order valence-electron chi connectivity index (χ0n) is 12.6. The zero-order chi connectivity index (χ0) is 13.9. The minimum Gasteiger partial charge on any atom is -0.329 e. The fraction of sp³-hybridized carbons (Fsp3) is 0.750. The van der Waals surface area contributed by atoms with Gasteiger partial charge in [0.1, 0.15) is 0 Å². The molecule has 19 heavy (non-hydrogen) atoms. The van der Waals surface area contributed by atoms with Crippen LogP contribution >= 0.6 is 11.3 Å². The molecule has 108 valence electrons. The second-order valence-electron chi connectivity index (χ2n) is 6.50. The molecule has 1 aliphatic carbocycles. The second-order valence-corrected chi connectivity index (χ2v) is 7.54. The molecule has 0 spiro atoms. The van der Waals surface area contributed by atoms with Gasteiger partial charge in [0.2, 0.25) is 0 Å². The largest absolute Gasteiger partial charge is 0.329 e. The van der Waals surface area contributed by atoms with Gasteiger partial charge in [-0.05, 0) is 44.6 Å². The molecule has 1 saturated carbocycles. The molecule has 0 radical (unpaired) electrons. The summed E-state index contributed by atoms with van der Waals surface area (Å²) in [6.07, 6.45) is 5.48. The average molecular weight is 280 g/mol. The SMILES string of the molecule is CC(C)N(Cc1cccs1)C(C)(CN)CC1CCC1. The van der Waals surface area contributed by atoms with Crippen molar-refractivity contribution in [3.8, 4) is 0 Å². The second kappa shape index (κ2) is 6.38. The van der Waals surface area contributed by atoms with E-state index in [1.165, 1.54) is 30.6 Å². The first-order chi connectivity index (χ1) is 9.05. The molecular weight excluding hydrogens is 252 g/mol. The van der Waals surface area contributed by atoms with Gasteiger partial charge in [-0.2, -0.15) is 0 Å². The molecule has 0 bridgehead atoms. The summed E-state index contributed by atoms with van der Waals surface area (Å²) in [5.41, 5.74) is 6.31. The third-order valence-corrected chi connectivity index (χ3v) is 5.48. The zero-order valence-corrected chi connectivity index (χ0v) is 13.4. The Balaban J connectivity index is 2.09. The lowest BCUT2D eigenvalue weighted by molar-refractivity contribution is 0.0354. The number of rotatable bonds is 7. The van der Waals surface area contributed by atoms with E-state index in [0.29, 0.717) is 6.04 Å². The number of hydrogen-bond acceptors (Lipinski definition) is 3. The molecule has 0 aromatic carbocycles. The van der Waals surface area contributed by atoms with Crippen molar-refractivity contribution in [2.24, 2.45) is 11.7 Å². The Bertz CT molecular complexity index is 370. The standard InChI is InChI=1S/C16H28N2S/c1-13(2)18(11-15-8-5-9-19-15)16(3,12-17)10-14-6-4-7-14/h5,8-9,13-14H,4,6-7,10-12,17H2,1-3H3. The third kappa shape index (κ3) is 3.59. The molecule has 1 aromatic rings. The van der Waals surface area contributed by atoms with Crippen LogP contribution in [0.3, 0.4) is 0 Å². The lowest BCUT2D eigenvalue weighted by Gasteiger charge is -2.46. The highest BCUT2D eigenvalue weighted by molar-refractivity contribution is 7.09. The van der Waals surface area contributed by atoms with E-state index in [1.807, 2.05) is 11.3 Å². The third-order valence-electron chi connectivity index (χ3n) is 4.62. The summed E-state index contributed by atoms with van der Waals surface area (Å²) in [5, 5.41) is 2.17. The number of thiophene rings is 1. The van der Waals surface area contributed by atoms with Crippen molar-refractivity contribution in [1.29, 1.82) is 0 Å². The van der Waals surface area contributed by atoms with Crippen molar-refractivity contribution < 1.29 is 0 Å². The van der Waals surface area contributed by atoms with Crippen LogP contribution in [0.2, 0.25) is 0 Å². The van der Waals surface area contributed by atoms with Crippen molar-refractivity contribution in [2.75, 3.05) is 6.54 Å². The Morgan fingerprint density at radius 2 is 2.21 bits per heavy atom. The summed E-state index contributed by atoms with van der Waals surface area (Å²) in [6.45, 7) is 8.74. The summed E-state index contributed by atoms with van der Waals surface area (Å²) in [5.74, 6) is 0.901. The van der Waals surface area contributed by atoms with Crippen LogP contribution in [0.25, 0.3) is 0 Å². The topological polar surface area (TPSA) is 29.3 Å². The summed E-state index contributed by atoms with van der Waals surface area (Å²) in [4.78, 5) is 4.05. The molecule has 1 fully saturated rings. The van der Waals surface area contributed by atoms with Crippen LogP contribution in [0.1, 0.15) is 51.3 Å². The molecular formula is C16H28N2S. The first kappa shape index (κ1) is 15.0. The maximum absolute atomic E-state index is 6.16. The van der Waals surface area contributed by atoms with Gasteiger partial charge in [0.15, 0.2) is 0 Å². The van der Waals surface area contributed by atoms with E-state index in [0.717, 1.165) is 19.0 Å². The monoisotopic (exact) mass is 280 g/mol. The number of nitrogens with two attached hydrogens (primary N) is 1. The molecule has 0 saturated heterocycles. The molecule has 2 nitrogen and oxygen atoms in total. The molecule has 1 unspecified atom stereocenters. The Kier molecular flexibility index (Phi) is 5.04. The molecule has 1 aromatic heterocycles. The highest BCUT2D eigenvalue weighted by atomic mass is 32.1. The molecule has 2 rings (SSSR count). The van der Waals surface area contributed by atoms with E-state index in [4.69, 9.17) is 5.73 Å². The van der Waals surface area contributed by atoms with Crippen LogP contribution in [0.5, 0.6) is 0 Å². The Morgan fingerprint density at radius 3 is 2.63 bits per heavy atom. The van der Waals surface area contributed by atoms with E-state index in [2.05, 4.69) is 43.2 Å². The Hall–Kier alpha value is -0.380. The highest BCUT2D eigenvalue weighted by Crippen LogP contribution is 2.37. The van der Waals surface area contributed by atoms with Gasteiger partial charge in [0.25, 0.3) is 0 Å². The smallest absolute Gasteiger partial charge is 0.0336 e. The lowest BCUT2D eigenvalue weighted by Crippen LogP contribution is -2.55. The van der Waals surface area contributed by atoms with Crippen LogP contribution < -0.4 is 5.73 Å². The predicted octanol–water partition coefficient (Wildman–Crippen LogP) is 3.87. The summed E-state index contributed by atoms with van der Waals surface area (Å²) < 4.78 is 0. The van der Waals surface area contributed by atoms with E-state index in [9.17, 15) is 0 Å². The Morgan fingerprint density at radius 1 is 1.47 bits per heavy atom. The van der Waals surface area contributed by atoms with Crippen LogP contribution in [-0.4, -0.2) is 23.0 Å². The highest BCUT2D eigenvalue weighted by Gasteiger charge is 2.36. The number of hydrogen-bond donors (Lipinski definition) is 1. The van der Waals surface area contributed by atoms with E-state index >= 15 is 0 Å². The van der Waals surface area contributed by atoms with Crippen molar-refractivity contribution >= 4 is 11.3 Å². The van der Waals surface area contributed by atoms with Gasteiger partial charge >= 0.3 is 0 Å². The fourth-order valence-corrected chi connectivity index (χ4v) is 3.91. The van der Waals surface area contributed by atoms with Gasteiger partial charge in [-0.15, -0.1) is 11.3 Å². The fourth-order valence-electron chi connectivity index (χ4n) is 3.20. The van der Waals surface area contributed by atoms with Crippen molar-refractivity contribution in [3.63, 3.8) is 0 Å². The summed E-state index contributed by atoms with van der Waals surface area (Å²) in [7, 11) is 0. The van der Waals surface area contributed by atoms with Gasteiger partial charge in [-0.3, -0.25) is 4.90 Å². The molecule has 2 N–H and O–H groups in total. The number of nitrogens with zero attached hydrogens (tertiary/aromatic N) is 1. The first-order valence-corrected chi connectivity index (χ1v) is 8.42. The summed E-state index contributed by atoms with van der Waals surface area (Å²) >= 11 is 1.85. The van der Waals surface area contributed by atoms with Gasteiger partial charge in [-0.1, -0.05) is 25.3 Å². The molecule has 0 aliphatic heterocycles. The molecule has 0 amide bonds. The minimum absolute atomic E-state index is 0.142. The Labute approximate surface area is 122 Å². The molecule has 3 heteroatoms. The van der Waals surface area contributed by atoms with Crippen molar-refractivity contribution in [3.05, 3.63) is 22.4 Å². The van der Waals surface area contributed by atoms with E-state index < -0.39 is 0 Å². The van der Waals surface area contributed by atoms with Crippen molar-refractivity contribution in [1.82, 2.24) is 4.90 Å². The van der Waals surface area contributed by atoms with Gasteiger partial charge in [0.05, 0.1) is 0 Å². The maximum atomic E-state index is 6.16. The van der Waals surface area contributed by atoms with Crippen LogP contribution in [-0.2, 0) is 6.54 Å². The summed E-state index contributed by atoms with van der Waals surface area (Å²) in [6, 6.07) is 4.92. The molecule has 1 aliphatic rings. The lowest BCUT2D eigenvalue weighted by atomic mass is 9.75. The van der Waals surface area contributed by atoms with Gasteiger partial charge < -0.3 is 5.73 Å². The van der Waals surface area contributed by atoms with Gasteiger partial charge in [-0.25, -0.2) is 0 Å². The van der Waals surface area contributed by atoms with Crippen LogP contribution in [0.15, 0.2) is 17.5 Å². The van der Waals surface area contributed by atoms with Gasteiger partial charge in [0, 0.05) is 29.5 Å². The normalized spacial score (nSPS) is 19.7. The maximum Gasteiger partial charge on any atom is 0.0336 e. The molecule has 1 heterocycles. The van der Waals surface area contributed by atoms with Crippen molar-refractivity contribution in [2.45, 2.75) is 64.6 Å². The molecule has 1 atom stereocenters.